The van der Waals surface area contributed by atoms with Crippen LogP contribution in [0, 0.1) is 6.92 Å². The van der Waals surface area contributed by atoms with Gasteiger partial charge in [0, 0.05) is 19.0 Å². The summed E-state index contributed by atoms with van der Waals surface area (Å²) in [5.41, 5.74) is 2.44. The Balaban J connectivity index is 1.69. The molecule has 0 unspecified atom stereocenters. The largest absolute Gasteiger partial charge is 0.352 e. The van der Waals surface area contributed by atoms with E-state index < -0.39 is 0 Å². The second-order valence-electron chi connectivity index (χ2n) is 5.83. The summed E-state index contributed by atoms with van der Waals surface area (Å²) in [7, 11) is 0. The summed E-state index contributed by atoms with van der Waals surface area (Å²) in [6.45, 7) is 7.36. The van der Waals surface area contributed by atoms with E-state index >= 15 is 0 Å². The third-order valence-electron chi connectivity index (χ3n) is 4.29. The topological polar surface area (TPSA) is 32.3 Å². The average molecular weight is 274 g/mol. The predicted octanol–water partition coefficient (Wildman–Crippen LogP) is 2.88. The fourth-order valence-electron chi connectivity index (χ4n) is 2.80. The number of benzene rings is 1. The minimum absolute atomic E-state index is 0.166. The number of rotatable bonds is 6. The molecule has 0 aromatic heterocycles. The van der Waals surface area contributed by atoms with Gasteiger partial charge in [0.25, 0.3) is 0 Å². The molecule has 2 rings (SSSR count). The molecule has 1 heterocycles. The second kappa shape index (κ2) is 7.44. The van der Waals surface area contributed by atoms with Gasteiger partial charge >= 0.3 is 0 Å². The molecule has 1 aliphatic heterocycles. The lowest BCUT2D eigenvalue weighted by Gasteiger charge is -2.23. The lowest BCUT2D eigenvalue weighted by atomic mass is 10.1. The van der Waals surface area contributed by atoms with Crippen molar-refractivity contribution in [2.75, 3.05) is 13.1 Å². The van der Waals surface area contributed by atoms with Crippen LogP contribution in [0.5, 0.6) is 0 Å². The molecule has 0 radical (unpaired) electrons. The Morgan fingerprint density at radius 1 is 1.30 bits per heavy atom. The van der Waals surface area contributed by atoms with Crippen molar-refractivity contribution in [1.82, 2.24) is 10.2 Å². The quantitative estimate of drug-likeness (QED) is 0.865. The molecule has 1 aromatic rings. The fourth-order valence-corrected chi connectivity index (χ4v) is 2.80. The summed E-state index contributed by atoms with van der Waals surface area (Å²) in [6, 6.07) is 8.73. The summed E-state index contributed by atoms with van der Waals surface area (Å²) < 4.78 is 0. The van der Waals surface area contributed by atoms with Crippen molar-refractivity contribution >= 4 is 5.91 Å². The van der Waals surface area contributed by atoms with E-state index in [1.165, 1.54) is 37.1 Å². The molecule has 1 atom stereocenters. The van der Waals surface area contributed by atoms with Crippen LogP contribution in [0.25, 0.3) is 0 Å². The zero-order valence-electron chi connectivity index (χ0n) is 12.7. The third kappa shape index (κ3) is 4.34. The number of hydrogen-bond donors (Lipinski definition) is 1. The maximum atomic E-state index is 11.9. The molecule has 1 fully saturated rings. The maximum absolute atomic E-state index is 11.9. The van der Waals surface area contributed by atoms with Crippen molar-refractivity contribution in [3.05, 3.63) is 35.4 Å². The van der Waals surface area contributed by atoms with E-state index in [0.717, 1.165) is 6.42 Å². The summed E-state index contributed by atoms with van der Waals surface area (Å²) in [4.78, 5) is 14.4. The molecule has 0 saturated carbocycles. The Labute approximate surface area is 122 Å². The summed E-state index contributed by atoms with van der Waals surface area (Å²) >= 11 is 0. The summed E-state index contributed by atoms with van der Waals surface area (Å²) in [5, 5.41) is 3.03. The van der Waals surface area contributed by atoms with E-state index in [1.807, 2.05) is 12.1 Å². The monoisotopic (exact) mass is 274 g/mol. The number of aryl methyl sites for hydroxylation is 1. The first-order chi connectivity index (χ1) is 9.66. The zero-order valence-corrected chi connectivity index (χ0v) is 12.7. The molecule has 1 amide bonds. The molecule has 0 aliphatic carbocycles. The van der Waals surface area contributed by atoms with Crippen molar-refractivity contribution in [3.8, 4) is 0 Å². The lowest BCUT2D eigenvalue weighted by Crippen LogP contribution is -2.32. The molecule has 20 heavy (non-hydrogen) atoms. The van der Waals surface area contributed by atoms with E-state index in [4.69, 9.17) is 0 Å². The van der Waals surface area contributed by atoms with Gasteiger partial charge in [-0.1, -0.05) is 24.3 Å². The van der Waals surface area contributed by atoms with Gasteiger partial charge < -0.3 is 10.2 Å². The number of nitrogens with zero attached hydrogens (tertiary/aromatic N) is 1. The minimum atomic E-state index is 0.166. The molecule has 0 spiro atoms. The standard InChI is InChI=1S/C17H26N2O/c1-14-7-3-4-8-16(14)13-18-17(20)10-9-15(2)19-11-5-6-12-19/h3-4,7-8,15H,5-6,9-13H2,1-2H3,(H,18,20)/t15-/m1/s1. The van der Waals surface area contributed by atoms with E-state index in [9.17, 15) is 4.79 Å². The number of hydrogen-bond acceptors (Lipinski definition) is 2. The zero-order chi connectivity index (χ0) is 14.4. The summed E-state index contributed by atoms with van der Waals surface area (Å²) in [5.74, 6) is 0.166. The van der Waals surface area contributed by atoms with Crippen LogP contribution in [-0.4, -0.2) is 29.9 Å². The number of likely N-dealkylation sites (tertiary alicyclic amines) is 1. The van der Waals surface area contributed by atoms with Crippen molar-refractivity contribution in [1.29, 1.82) is 0 Å². The van der Waals surface area contributed by atoms with Crippen molar-refractivity contribution in [2.24, 2.45) is 0 Å². The first kappa shape index (κ1) is 15.0. The van der Waals surface area contributed by atoms with E-state index in [1.54, 1.807) is 0 Å². The molecule has 1 aromatic carbocycles. The van der Waals surface area contributed by atoms with Gasteiger partial charge in [0.05, 0.1) is 0 Å². The molecule has 110 valence electrons. The number of carbonyl (C=O) groups excluding carboxylic acids is 1. The van der Waals surface area contributed by atoms with Gasteiger partial charge in [-0.25, -0.2) is 0 Å². The van der Waals surface area contributed by atoms with Crippen molar-refractivity contribution in [3.63, 3.8) is 0 Å². The molecular formula is C17H26N2O. The van der Waals surface area contributed by atoms with Gasteiger partial charge in [-0.3, -0.25) is 4.79 Å². The van der Waals surface area contributed by atoms with Crippen LogP contribution < -0.4 is 5.32 Å². The van der Waals surface area contributed by atoms with Crippen LogP contribution in [0.1, 0.15) is 43.7 Å². The molecule has 1 N–H and O–H groups in total. The average Bonchev–Trinajstić information content (AvgIpc) is 2.98. The molecule has 3 heteroatoms. The highest BCUT2D eigenvalue weighted by Crippen LogP contribution is 2.15. The number of amides is 1. The van der Waals surface area contributed by atoms with Crippen LogP contribution in [0.2, 0.25) is 0 Å². The molecule has 0 bridgehead atoms. The van der Waals surface area contributed by atoms with Crippen molar-refractivity contribution in [2.45, 2.75) is 52.1 Å². The first-order valence-corrected chi connectivity index (χ1v) is 7.72. The van der Waals surface area contributed by atoms with Gasteiger partial charge in [-0.05, 0) is 57.3 Å². The Morgan fingerprint density at radius 2 is 2.00 bits per heavy atom. The van der Waals surface area contributed by atoms with Crippen LogP contribution in [0.4, 0.5) is 0 Å². The molecular weight excluding hydrogens is 248 g/mol. The van der Waals surface area contributed by atoms with Crippen LogP contribution in [-0.2, 0) is 11.3 Å². The highest BCUT2D eigenvalue weighted by atomic mass is 16.1. The van der Waals surface area contributed by atoms with E-state index in [-0.39, 0.29) is 5.91 Å². The van der Waals surface area contributed by atoms with Crippen LogP contribution >= 0.6 is 0 Å². The Kier molecular flexibility index (Phi) is 5.60. The van der Waals surface area contributed by atoms with Crippen LogP contribution in [0.3, 0.4) is 0 Å². The molecule has 1 saturated heterocycles. The van der Waals surface area contributed by atoms with Crippen molar-refractivity contribution < 1.29 is 4.79 Å². The minimum Gasteiger partial charge on any atom is -0.352 e. The van der Waals surface area contributed by atoms with Gasteiger partial charge in [-0.2, -0.15) is 0 Å². The third-order valence-corrected chi connectivity index (χ3v) is 4.29. The Morgan fingerprint density at radius 3 is 2.70 bits per heavy atom. The van der Waals surface area contributed by atoms with Gasteiger partial charge in [0.2, 0.25) is 5.91 Å². The predicted molar refractivity (Wildman–Crippen MR) is 82.5 cm³/mol. The summed E-state index contributed by atoms with van der Waals surface area (Å²) in [6.07, 6.45) is 4.21. The highest BCUT2D eigenvalue weighted by Gasteiger charge is 2.18. The van der Waals surface area contributed by atoms with Gasteiger partial charge in [-0.15, -0.1) is 0 Å². The van der Waals surface area contributed by atoms with Crippen LogP contribution in [0.15, 0.2) is 24.3 Å². The Hall–Kier alpha value is -1.35. The van der Waals surface area contributed by atoms with Gasteiger partial charge in [0.1, 0.15) is 0 Å². The molecule has 1 aliphatic rings. The normalized spacial score (nSPS) is 17.1. The van der Waals surface area contributed by atoms with E-state index in [0.29, 0.717) is 19.0 Å². The Bertz CT molecular complexity index is 438. The van der Waals surface area contributed by atoms with Gasteiger partial charge in [0.15, 0.2) is 0 Å². The number of nitrogens with one attached hydrogen (secondary N) is 1. The number of carbonyl (C=O) groups is 1. The smallest absolute Gasteiger partial charge is 0.220 e. The maximum Gasteiger partial charge on any atom is 0.220 e. The first-order valence-electron chi connectivity index (χ1n) is 7.72. The molecule has 3 nitrogen and oxygen atoms in total. The fraction of sp³-hybridized carbons (Fsp3) is 0.588. The van der Waals surface area contributed by atoms with E-state index in [2.05, 4.69) is 36.2 Å². The highest BCUT2D eigenvalue weighted by molar-refractivity contribution is 5.75. The second-order valence-corrected chi connectivity index (χ2v) is 5.83. The lowest BCUT2D eigenvalue weighted by molar-refractivity contribution is -0.121. The SMILES string of the molecule is Cc1ccccc1CNC(=O)CC[C@@H](C)N1CCCC1.